The summed E-state index contributed by atoms with van der Waals surface area (Å²) in [6.07, 6.45) is 1.86. The molecule has 142 valence electrons. The van der Waals surface area contributed by atoms with Crippen molar-refractivity contribution in [2.45, 2.75) is 13.5 Å². The van der Waals surface area contributed by atoms with E-state index < -0.39 is 0 Å². The summed E-state index contributed by atoms with van der Waals surface area (Å²) >= 11 is 6.43. The molecular formula is C18H13BrN4O3S2. The number of rotatable bonds is 5. The van der Waals surface area contributed by atoms with Gasteiger partial charge in [0.05, 0.1) is 24.4 Å². The molecule has 0 N–H and O–H groups in total. The van der Waals surface area contributed by atoms with Crippen LogP contribution in [0.25, 0.3) is 27.4 Å². The van der Waals surface area contributed by atoms with E-state index >= 15 is 0 Å². The zero-order chi connectivity index (χ0) is 19.3. The number of benzene rings is 1. The number of aromatic nitrogens is 4. The first-order valence-corrected chi connectivity index (χ1v) is 10.8. The number of fused-ring (bicyclic) bond motifs is 2. The third kappa shape index (κ3) is 3.17. The normalized spacial score (nSPS) is 11.5. The fourth-order valence-corrected chi connectivity index (χ4v) is 4.62. The molecule has 1 aromatic carbocycles. The first-order chi connectivity index (χ1) is 13.6. The van der Waals surface area contributed by atoms with E-state index in [2.05, 4.69) is 31.0 Å². The quantitative estimate of drug-likeness (QED) is 0.341. The van der Waals surface area contributed by atoms with Crippen molar-refractivity contribution in [2.24, 2.45) is 0 Å². The van der Waals surface area contributed by atoms with Gasteiger partial charge < -0.3 is 13.9 Å². The lowest BCUT2D eigenvalue weighted by molar-refractivity contribution is 0.303. The number of furan rings is 1. The van der Waals surface area contributed by atoms with Gasteiger partial charge in [-0.2, -0.15) is 5.10 Å². The SMILES string of the molecule is COc1cc(OCc2csc(Br)n2)c2cc(-c3cn4nc(C)sc4n3)oc2c1. The van der Waals surface area contributed by atoms with Crippen molar-refractivity contribution in [2.75, 3.05) is 7.11 Å². The van der Waals surface area contributed by atoms with Gasteiger partial charge in [0, 0.05) is 17.5 Å². The number of nitrogens with zero attached hydrogens (tertiary/aromatic N) is 4. The Balaban J connectivity index is 1.54. The summed E-state index contributed by atoms with van der Waals surface area (Å²) < 4.78 is 20.0. The van der Waals surface area contributed by atoms with Gasteiger partial charge >= 0.3 is 0 Å². The van der Waals surface area contributed by atoms with E-state index in [4.69, 9.17) is 13.9 Å². The van der Waals surface area contributed by atoms with Crippen LogP contribution in [0, 0.1) is 6.92 Å². The first-order valence-electron chi connectivity index (χ1n) is 8.26. The Morgan fingerprint density at radius 1 is 1.25 bits per heavy atom. The lowest BCUT2D eigenvalue weighted by Crippen LogP contribution is -1.96. The van der Waals surface area contributed by atoms with Crippen molar-refractivity contribution < 1.29 is 13.9 Å². The minimum Gasteiger partial charge on any atom is -0.496 e. The molecule has 0 amide bonds. The molecule has 0 aliphatic rings. The average Bonchev–Trinajstić information content (AvgIpc) is 3.41. The second-order valence-electron chi connectivity index (χ2n) is 6.00. The van der Waals surface area contributed by atoms with Crippen molar-refractivity contribution in [1.82, 2.24) is 19.6 Å². The van der Waals surface area contributed by atoms with Gasteiger partial charge in [-0.05, 0) is 28.9 Å². The van der Waals surface area contributed by atoms with Crippen LogP contribution in [0.1, 0.15) is 10.7 Å². The van der Waals surface area contributed by atoms with Crippen LogP contribution in [-0.4, -0.2) is 26.7 Å². The van der Waals surface area contributed by atoms with E-state index in [0.717, 1.165) is 30.7 Å². The van der Waals surface area contributed by atoms with E-state index in [0.29, 0.717) is 29.4 Å². The lowest BCUT2D eigenvalue weighted by Gasteiger charge is -2.07. The summed E-state index contributed by atoms with van der Waals surface area (Å²) in [6.45, 7) is 2.31. The van der Waals surface area contributed by atoms with Gasteiger partial charge in [-0.25, -0.2) is 14.5 Å². The molecule has 7 nitrogen and oxygen atoms in total. The molecule has 0 unspecified atom stereocenters. The Bertz CT molecular complexity index is 1270. The predicted molar refractivity (Wildman–Crippen MR) is 112 cm³/mol. The summed E-state index contributed by atoms with van der Waals surface area (Å²) in [4.78, 5) is 9.80. The smallest absolute Gasteiger partial charge is 0.212 e. The van der Waals surface area contributed by atoms with E-state index in [-0.39, 0.29) is 0 Å². The fraction of sp³-hybridized carbons (Fsp3) is 0.167. The maximum Gasteiger partial charge on any atom is 0.212 e. The van der Waals surface area contributed by atoms with Crippen LogP contribution in [0.3, 0.4) is 0 Å². The van der Waals surface area contributed by atoms with E-state index in [9.17, 15) is 0 Å². The minimum absolute atomic E-state index is 0.355. The summed E-state index contributed by atoms with van der Waals surface area (Å²) in [6, 6.07) is 5.62. The van der Waals surface area contributed by atoms with Crippen molar-refractivity contribution in [3.05, 3.63) is 44.4 Å². The molecule has 0 spiro atoms. The molecule has 10 heteroatoms. The highest BCUT2D eigenvalue weighted by molar-refractivity contribution is 9.11. The highest BCUT2D eigenvalue weighted by atomic mass is 79.9. The van der Waals surface area contributed by atoms with Gasteiger partial charge in [0.25, 0.3) is 0 Å². The summed E-state index contributed by atoms with van der Waals surface area (Å²) in [7, 11) is 1.61. The van der Waals surface area contributed by atoms with Gasteiger partial charge in [0.1, 0.15) is 34.4 Å². The summed E-state index contributed by atoms with van der Waals surface area (Å²) in [5, 5.41) is 8.17. The zero-order valence-corrected chi connectivity index (χ0v) is 18.0. The summed E-state index contributed by atoms with van der Waals surface area (Å²) in [5.41, 5.74) is 2.25. The number of hydrogen-bond acceptors (Lipinski definition) is 8. The Morgan fingerprint density at radius 2 is 2.14 bits per heavy atom. The van der Waals surface area contributed by atoms with Gasteiger partial charge in [-0.15, -0.1) is 11.3 Å². The molecule has 4 aromatic heterocycles. The average molecular weight is 477 g/mol. The van der Waals surface area contributed by atoms with Crippen molar-refractivity contribution in [1.29, 1.82) is 0 Å². The Kier molecular flexibility index (Phi) is 4.33. The molecule has 0 radical (unpaired) electrons. The van der Waals surface area contributed by atoms with Crippen LogP contribution in [-0.2, 0) is 6.61 Å². The second-order valence-corrected chi connectivity index (χ2v) is 9.30. The van der Waals surface area contributed by atoms with Gasteiger partial charge in [0.15, 0.2) is 9.68 Å². The zero-order valence-electron chi connectivity index (χ0n) is 14.8. The molecule has 0 fully saturated rings. The number of halogens is 1. The first kappa shape index (κ1) is 17.7. The largest absolute Gasteiger partial charge is 0.496 e. The monoisotopic (exact) mass is 476 g/mol. The van der Waals surface area contributed by atoms with Crippen LogP contribution in [0.5, 0.6) is 11.5 Å². The van der Waals surface area contributed by atoms with Crippen LogP contribution in [0.15, 0.2) is 38.1 Å². The van der Waals surface area contributed by atoms with Gasteiger partial charge in [0.2, 0.25) is 4.96 Å². The van der Waals surface area contributed by atoms with Crippen molar-refractivity contribution in [3.63, 3.8) is 0 Å². The van der Waals surface area contributed by atoms with Crippen LogP contribution < -0.4 is 9.47 Å². The minimum atomic E-state index is 0.355. The van der Waals surface area contributed by atoms with Crippen molar-refractivity contribution in [3.8, 4) is 23.0 Å². The summed E-state index contributed by atoms with van der Waals surface area (Å²) in [5.74, 6) is 1.98. The molecule has 0 saturated carbocycles. The molecule has 28 heavy (non-hydrogen) atoms. The maximum absolute atomic E-state index is 6.04. The predicted octanol–water partition coefficient (Wildman–Crippen LogP) is 5.32. The van der Waals surface area contributed by atoms with E-state index in [1.165, 1.54) is 22.7 Å². The number of ether oxygens (including phenoxy) is 2. The molecule has 0 atom stereocenters. The lowest BCUT2D eigenvalue weighted by atomic mass is 10.2. The Labute approximate surface area is 175 Å². The molecule has 5 aromatic rings. The Hall–Kier alpha value is -2.43. The molecule has 0 bridgehead atoms. The van der Waals surface area contributed by atoms with Crippen LogP contribution in [0.2, 0.25) is 0 Å². The molecule has 5 rings (SSSR count). The van der Waals surface area contributed by atoms with Gasteiger partial charge in [-0.1, -0.05) is 11.3 Å². The fourth-order valence-electron chi connectivity index (χ4n) is 2.86. The molecule has 0 saturated heterocycles. The van der Waals surface area contributed by atoms with Crippen LogP contribution in [0.4, 0.5) is 0 Å². The molecule has 4 heterocycles. The van der Waals surface area contributed by atoms with E-state index in [1.807, 2.05) is 36.7 Å². The highest BCUT2D eigenvalue weighted by Crippen LogP contribution is 2.37. The number of aryl methyl sites for hydroxylation is 1. The third-order valence-corrected chi connectivity index (χ3v) is 6.36. The number of hydrogen-bond donors (Lipinski definition) is 0. The van der Waals surface area contributed by atoms with Crippen LogP contribution >= 0.6 is 38.6 Å². The molecule has 0 aliphatic carbocycles. The topological polar surface area (TPSA) is 74.7 Å². The molecule has 0 aliphatic heterocycles. The second kappa shape index (κ2) is 6.87. The standard InChI is InChI=1S/C18H13BrN4O3S2/c1-9-22-23-6-13(21-18(23)28-9)16-5-12-14(3-11(24-2)4-15(12)26-16)25-7-10-8-27-17(19)20-10/h3-6,8H,7H2,1-2H3. The third-order valence-electron chi connectivity index (χ3n) is 4.10. The van der Waals surface area contributed by atoms with E-state index in [1.54, 1.807) is 11.6 Å². The van der Waals surface area contributed by atoms with Gasteiger partial charge in [-0.3, -0.25) is 0 Å². The number of thiazole rings is 1. The maximum atomic E-state index is 6.04. The highest BCUT2D eigenvalue weighted by Gasteiger charge is 2.16. The van der Waals surface area contributed by atoms with Crippen molar-refractivity contribution >= 4 is 54.5 Å². The Morgan fingerprint density at radius 3 is 2.89 bits per heavy atom. The number of methoxy groups -OCH3 is 1. The molecular weight excluding hydrogens is 464 g/mol. The number of imidazole rings is 1.